The van der Waals surface area contributed by atoms with Crippen molar-refractivity contribution in [1.82, 2.24) is 10.2 Å². The van der Waals surface area contributed by atoms with Crippen LogP contribution in [0.5, 0.6) is 0 Å². The van der Waals surface area contributed by atoms with Gasteiger partial charge in [0, 0.05) is 19.1 Å². The van der Waals surface area contributed by atoms with Gasteiger partial charge in [-0.2, -0.15) is 0 Å². The number of likely N-dealkylation sites (tertiary alicyclic amines) is 1. The van der Waals surface area contributed by atoms with E-state index in [2.05, 4.69) is 12.2 Å². The maximum atomic E-state index is 12.4. The number of rotatable bonds is 4. The lowest BCUT2D eigenvalue weighted by atomic mass is 9.99. The minimum Gasteiger partial charge on any atom is -0.391 e. The molecule has 2 rings (SSSR count). The third kappa shape index (κ3) is 3.22. The zero-order valence-corrected chi connectivity index (χ0v) is 11.1. The van der Waals surface area contributed by atoms with Crippen LogP contribution in [0, 0.1) is 5.92 Å². The minimum atomic E-state index is -0.355. The summed E-state index contributed by atoms with van der Waals surface area (Å²) in [7, 11) is 0. The molecule has 2 aliphatic heterocycles. The number of piperidine rings is 1. The van der Waals surface area contributed by atoms with Crippen LogP contribution in [0.25, 0.3) is 0 Å². The molecule has 104 valence electrons. The first kappa shape index (κ1) is 13.8. The van der Waals surface area contributed by atoms with Crippen LogP contribution in [0.4, 0.5) is 0 Å². The number of carbonyl (C=O) groups is 1. The average molecular weight is 256 g/mol. The summed E-state index contributed by atoms with van der Waals surface area (Å²) >= 11 is 0. The molecule has 5 nitrogen and oxygen atoms in total. The molecule has 0 aromatic rings. The van der Waals surface area contributed by atoms with E-state index in [-0.39, 0.29) is 24.0 Å². The molecule has 2 fully saturated rings. The fraction of sp³-hybridized carbons (Fsp3) is 0.923. The number of aliphatic hydroxyl groups is 1. The normalized spacial score (nSPS) is 32.8. The van der Waals surface area contributed by atoms with Gasteiger partial charge >= 0.3 is 0 Å². The van der Waals surface area contributed by atoms with Crippen LogP contribution >= 0.6 is 0 Å². The molecule has 18 heavy (non-hydrogen) atoms. The summed E-state index contributed by atoms with van der Waals surface area (Å²) in [5.74, 6) is 0.0571. The van der Waals surface area contributed by atoms with Crippen molar-refractivity contribution in [2.75, 3.05) is 32.8 Å². The number of β-amino-alcohol motifs (C(OH)–C–C–N with tert-alkyl or cyclic N) is 1. The van der Waals surface area contributed by atoms with Crippen LogP contribution in [0.1, 0.15) is 26.2 Å². The largest absolute Gasteiger partial charge is 0.391 e. The smallest absolute Gasteiger partial charge is 0.229 e. The Kier molecular flexibility index (Phi) is 4.97. The standard InChI is InChI=1S/C13H24N2O3/c1-2-5-14-12-9-18-8-11(12)13(17)15-6-3-4-10(16)7-15/h10-12,14,16H,2-9H2,1H3. The predicted octanol–water partition coefficient (Wildman–Crippen LogP) is -0.0157. The van der Waals surface area contributed by atoms with Crippen LogP contribution in [0.15, 0.2) is 0 Å². The van der Waals surface area contributed by atoms with Gasteiger partial charge in [0.1, 0.15) is 0 Å². The minimum absolute atomic E-state index is 0.0816. The Labute approximate surface area is 108 Å². The summed E-state index contributed by atoms with van der Waals surface area (Å²) in [6.45, 7) is 5.41. The van der Waals surface area contributed by atoms with Crippen molar-refractivity contribution in [2.45, 2.75) is 38.3 Å². The van der Waals surface area contributed by atoms with Crippen LogP contribution in [-0.2, 0) is 9.53 Å². The lowest BCUT2D eigenvalue weighted by Gasteiger charge is -2.33. The van der Waals surface area contributed by atoms with E-state index < -0.39 is 0 Å². The molecule has 2 saturated heterocycles. The number of hydrogen-bond donors (Lipinski definition) is 2. The van der Waals surface area contributed by atoms with E-state index in [1.165, 1.54) is 0 Å². The molecule has 0 bridgehead atoms. The van der Waals surface area contributed by atoms with Crippen molar-refractivity contribution in [2.24, 2.45) is 5.92 Å². The van der Waals surface area contributed by atoms with Gasteiger partial charge in [-0.3, -0.25) is 4.79 Å². The van der Waals surface area contributed by atoms with Gasteiger partial charge in [-0.05, 0) is 25.8 Å². The Morgan fingerprint density at radius 3 is 3.06 bits per heavy atom. The second kappa shape index (κ2) is 6.50. The number of hydrogen-bond acceptors (Lipinski definition) is 4. The number of carbonyl (C=O) groups excluding carboxylic acids is 1. The quantitative estimate of drug-likeness (QED) is 0.742. The molecule has 3 atom stereocenters. The van der Waals surface area contributed by atoms with E-state index in [4.69, 9.17) is 4.74 Å². The number of aliphatic hydroxyl groups excluding tert-OH is 1. The summed E-state index contributed by atoms with van der Waals surface area (Å²) in [5, 5.41) is 13.0. The van der Waals surface area contributed by atoms with E-state index in [0.717, 1.165) is 32.4 Å². The molecule has 2 heterocycles. The third-order valence-electron chi connectivity index (χ3n) is 3.76. The molecule has 0 aromatic carbocycles. The summed E-state index contributed by atoms with van der Waals surface area (Å²) in [6.07, 6.45) is 2.41. The van der Waals surface area contributed by atoms with Crippen molar-refractivity contribution in [1.29, 1.82) is 0 Å². The third-order valence-corrected chi connectivity index (χ3v) is 3.76. The molecule has 5 heteroatoms. The molecule has 1 amide bonds. The molecular formula is C13H24N2O3. The molecule has 2 N–H and O–H groups in total. The lowest BCUT2D eigenvalue weighted by molar-refractivity contribution is -0.139. The van der Waals surface area contributed by atoms with Gasteiger partial charge in [-0.15, -0.1) is 0 Å². The predicted molar refractivity (Wildman–Crippen MR) is 68.2 cm³/mol. The Hall–Kier alpha value is -0.650. The van der Waals surface area contributed by atoms with Crippen LogP contribution in [0.2, 0.25) is 0 Å². The molecule has 2 aliphatic rings. The van der Waals surface area contributed by atoms with E-state index in [1.807, 2.05) is 0 Å². The number of nitrogens with one attached hydrogen (secondary N) is 1. The van der Waals surface area contributed by atoms with Crippen molar-refractivity contribution in [3.8, 4) is 0 Å². The highest BCUT2D eigenvalue weighted by Gasteiger charge is 2.37. The van der Waals surface area contributed by atoms with Crippen LogP contribution < -0.4 is 5.32 Å². The monoisotopic (exact) mass is 256 g/mol. The summed E-state index contributed by atoms with van der Waals surface area (Å²) in [6, 6.07) is 0.136. The average Bonchev–Trinajstić information content (AvgIpc) is 2.83. The van der Waals surface area contributed by atoms with E-state index in [9.17, 15) is 9.90 Å². The molecule has 3 unspecified atom stereocenters. The van der Waals surface area contributed by atoms with Crippen molar-refractivity contribution >= 4 is 5.91 Å². The van der Waals surface area contributed by atoms with Crippen molar-refractivity contribution in [3.63, 3.8) is 0 Å². The molecule has 0 spiro atoms. The fourth-order valence-corrected chi connectivity index (χ4v) is 2.72. The summed E-state index contributed by atoms with van der Waals surface area (Å²) in [5.41, 5.74) is 0. The van der Waals surface area contributed by atoms with Gasteiger partial charge in [-0.25, -0.2) is 0 Å². The summed E-state index contributed by atoms with van der Waals surface area (Å²) < 4.78 is 5.43. The van der Waals surface area contributed by atoms with E-state index in [0.29, 0.717) is 19.8 Å². The Balaban J connectivity index is 1.90. The molecule has 0 aromatic heterocycles. The van der Waals surface area contributed by atoms with Crippen LogP contribution in [0.3, 0.4) is 0 Å². The number of amides is 1. The topological polar surface area (TPSA) is 61.8 Å². The Bertz CT molecular complexity index is 285. The van der Waals surface area contributed by atoms with Crippen molar-refractivity contribution < 1.29 is 14.6 Å². The summed E-state index contributed by atoms with van der Waals surface area (Å²) in [4.78, 5) is 14.2. The molecule has 0 saturated carbocycles. The van der Waals surface area contributed by atoms with Gasteiger partial charge in [-0.1, -0.05) is 6.92 Å². The maximum absolute atomic E-state index is 12.4. The molecular weight excluding hydrogens is 232 g/mol. The first-order valence-electron chi connectivity index (χ1n) is 7.00. The van der Waals surface area contributed by atoms with Gasteiger partial charge < -0.3 is 20.1 Å². The second-order valence-corrected chi connectivity index (χ2v) is 5.28. The van der Waals surface area contributed by atoms with Gasteiger partial charge in [0.2, 0.25) is 5.91 Å². The van der Waals surface area contributed by atoms with E-state index in [1.54, 1.807) is 4.90 Å². The zero-order valence-electron chi connectivity index (χ0n) is 11.1. The van der Waals surface area contributed by atoms with Crippen molar-refractivity contribution in [3.05, 3.63) is 0 Å². The SMILES string of the molecule is CCCNC1COCC1C(=O)N1CCCC(O)C1. The van der Waals surface area contributed by atoms with Gasteiger partial charge in [0.15, 0.2) is 0 Å². The van der Waals surface area contributed by atoms with Gasteiger partial charge in [0.05, 0.1) is 25.2 Å². The fourth-order valence-electron chi connectivity index (χ4n) is 2.72. The zero-order chi connectivity index (χ0) is 13.0. The highest BCUT2D eigenvalue weighted by Crippen LogP contribution is 2.20. The second-order valence-electron chi connectivity index (χ2n) is 5.28. The first-order valence-corrected chi connectivity index (χ1v) is 7.00. The Morgan fingerprint density at radius 1 is 1.50 bits per heavy atom. The highest BCUT2D eigenvalue weighted by atomic mass is 16.5. The number of ether oxygens (including phenoxy) is 1. The Morgan fingerprint density at radius 2 is 2.33 bits per heavy atom. The lowest BCUT2D eigenvalue weighted by Crippen LogP contribution is -2.49. The van der Waals surface area contributed by atoms with Gasteiger partial charge in [0.25, 0.3) is 0 Å². The first-order chi connectivity index (χ1) is 8.72. The molecule has 0 radical (unpaired) electrons. The highest BCUT2D eigenvalue weighted by molar-refractivity contribution is 5.80. The van der Waals surface area contributed by atoms with Crippen LogP contribution in [-0.4, -0.2) is 60.9 Å². The molecule has 0 aliphatic carbocycles. The number of nitrogens with zero attached hydrogens (tertiary/aromatic N) is 1. The maximum Gasteiger partial charge on any atom is 0.229 e. The van der Waals surface area contributed by atoms with E-state index >= 15 is 0 Å².